The zero-order valence-corrected chi connectivity index (χ0v) is 18.2. The molecule has 1 aliphatic carbocycles. The lowest BCUT2D eigenvalue weighted by Gasteiger charge is -2.17. The number of benzene rings is 1. The molecular weight excluding hydrogens is 374 g/mol. The molecule has 0 radical (unpaired) electrons. The summed E-state index contributed by atoms with van der Waals surface area (Å²) >= 11 is 0. The molecule has 2 atom stereocenters. The van der Waals surface area contributed by atoms with Crippen molar-refractivity contribution in [2.75, 3.05) is 13.1 Å². The maximum Gasteiger partial charge on any atom is 0.262 e. The first-order valence-corrected chi connectivity index (χ1v) is 11.3. The van der Waals surface area contributed by atoms with Crippen LogP contribution in [0.4, 0.5) is 0 Å². The highest BCUT2D eigenvalue weighted by atomic mass is 16.1. The van der Waals surface area contributed by atoms with E-state index in [-0.39, 0.29) is 11.5 Å². The number of fused-ring (bicyclic) bond motifs is 1. The summed E-state index contributed by atoms with van der Waals surface area (Å²) in [5.41, 5.74) is 4.73. The van der Waals surface area contributed by atoms with Crippen LogP contribution in [0.2, 0.25) is 0 Å². The van der Waals surface area contributed by atoms with Gasteiger partial charge in [-0.3, -0.25) is 9.69 Å². The number of hydrogen-bond acceptors (Lipinski definition) is 4. The Morgan fingerprint density at radius 1 is 1.13 bits per heavy atom. The van der Waals surface area contributed by atoms with Gasteiger partial charge in [-0.15, -0.1) is 0 Å². The van der Waals surface area contributed by atoms with Crippen molar-refractivity contribution in [3.63, 3.8) is 0 Å². The van der Waals surface area contributed by atoms with E-state index >= 15 is 0 Å². The lowest BCUT2D eigenvalue weighted by atomic mass is 9.97. The summed E-state index contributed by atoms with van der Waals surface area (Å²) in [6.07, 6.45) is 6.41. The lowest BCUT2D eigenvalue weighted by molar-refractivity contribution is 0.318. The van der Waals surface area contributed by atoms with E-state index in [1.807, 2.05) is 4.68 Å². The van der Waals surface area contributed by atoms with Crippen LogP contribution in [0.1, 0.15) is 67.1 Å². The molecular formula is C24H31N5O. The van der Waals surface area contributed by atoms with Gasteiger partial charge in [0.05, 0.1) is 12.2 Å². The topological polar surface area (TPSA) is 66.8 Å². The van der Waals surface area contributed by atoms with Gasteiger partial charge in [0.2, 0.25) is 0 Å². The van der Waals surface area contributed by atoms with Gasteiger partial charge >= 0.3 is 0 Å². The van der Waals surface area contributed by atoms with Crippen LogP contribution < -0.4 is 5.56 Å². The summed E-state index contributed by atoms with van der Waals surface area (Å²) in [4.78, 5) is 23.3. The molecule has 2 aliphatic rings. The van der Waals surface area contributed by atoms with Crippen molar-refractivity contribution in [3.8, 4) is 0 Å². The molecule has 1 saturated carbocycles. The first kappa shape index (κ1) is 19.5. The van der Waals surface area contributed by atoms with E-state index in [0.29, 0.717) is 17.3 Å². The van der Waals surface area contributed by atoms with Gasteiger partial charge < -0.3 is 4.98 Å². The highest BCUT2D eigenvalue weighted by molar-refractivity contribution is 5.73. The molecule has 1 N–H and O–H groups in total. The fraction of sp³-hybridized carbons (Fsp3) is 0.542. The molecule has 1 aliphatic heterocycles. The van der Waals surface area contributed by atoms with Gasteiger partial charge in [0.25, 0.3) is 5.56 Å². The van der Waals surface area contributed by atoms with E-state index in [0.717, 1.165) is 43.9 Å². The van der Waals surface area contributed by atoms with Crippen molar-refractivity contribution in [3.05, 3.63) is 57.3 Å². The van der Waals surface area contributed by atoms with Gasteiger partial charge in [-0.2, -0.15) is 5.10 Å². The third kappa shape index (κ3) is 3.47. The van der Waals surface area contributed by atoms with Crippen LogP contribution in [0.15, 0.2) is 29.2 Å². The van der Waals surface area contributed by atoms with Crippen LogP contribution >= 0.6 is 0 Å². The molecule has 0 spiro atoms. The second kappa shape index (κ2) is 7.65. The minimum atomic E-state index is -0.0564. The Hall–Kier alpha value is -2.47. The van der Waals surface area contributed by atoms with Gasteiger partial charge in [0, 0.05) is 25.6 Å². The average molecular weight is 406 g/mol. The number of likely N-dealkylation sites (tertiary alicyclic amines) is 1. The summed E-state index contributed by atoms with van der Waals surface area (Å²) in [6.45, 7) is 9.46. The van der Waals surface area contributed by atoms with Gasteiger partial charge in [0.15, 0.2) is 5.65 Å². The van der Waals surface area contributed by atoms with E-state index < -0.39 is 0 Å². The van der Waals surface area contributed by atoms with Gasteiger partial charge in [-0.25, -0.2) is 9.67 Å². The molecule has 6 nitrogen and oxygen atoms in total. The Morgan fingerprint density at radius 3 is 2.70 bits per heavy atom. The number of aromatic nitrogens is 4. The van der Waals surface area contributed by atoms with Gasteiger partial charge in [-0.1, -0.05) is 38.0 Å². The fourth-order valence-electron chi connectivity index (χ4n) is 5.26. The minimum absolute atomic E-state index is 0.0564. The van der Waals surface area contributed by atoms with E-state index in [2.05, 4.69) is 54.0 Å². The van der Waals surface area contributed by atoms with E-state index in [1.54, 1.807) is 6.20 Å². The zero-order valence-electron chi connectivity index (χ0n) is 18.2. The fourth-order valence-corrected chi connectivity index (χ4v) is 5.26. The lowest BCUT2D eigenvalue weighted by Crippen LogP contribution is -2.21. The molecule has 1 aromatic carbocycles. The van der Waals surface area contributed by atoms with Crippen LogP contribution in [0, 0.1) is 19.8 Å². The minimum Gasteiger partial charge on any atom is -0.310 e. The molecule has 0 unspecified atom stereocenters. The van der Waals surface area contributed by atoms with E-state index in [9.17, 15) is 4.79 Å². The third-order valence-corrected chi connectivity index (χ3v) is 7.17. The van der Waals surface area contributed by atoms with Crippen molar-refractivity contribution < 1.29 is 0 Å². The SMILES string of the molecule is Cc1ccc(CN2C[C@@H](C)[C@H](c3nc4c(cnn4C4CCCC4)c(=O)[nH]3)C2)cc1C. The molecule has 5 rings (SSSR count). The predicted molar refractivity (Wildman–Crippen MR) is 119 cm³/mol. The quantitative estimate of drug-likeness (QED) is 0.710. The maximum absolute atomic E-state index is 12.8. The van der Waals surface area contributed by atoms with Crippen molar-refractivity contribution in [2.45, 2.75) is 65.0 Å². The first-order valence-electron chi connectivity index (χ1n) is 11.3. The van der Waals surface area contributed by atoms with Crippen LogP contribution in [-0.4, -0.2) is 37.7 Å². The number of aryl methyl sites for hydroxylation is 2. The van der Waals surface area contributed by atoms with Crippen molar-refractivity contribution in [1.29, 1.82) is 0 Å². The number of H-pyrrole nitrogens is 1. The van der Waals surface area contributed by atoms with Crippen molar-refractivity contribution >= 4 is 11.0 Å². The summed E-state index contributed by atoms with van der Waals surface area (Å²) in [7, 11) is 0. The summed E-state index contributed by atoms with van der Waals surface area (Å²) < 4.78 is 2.01. The Morgan fingerprint density at radius 2 is 1.93 bits per heavy atom. The number of nitrogens with one attached hydrogen (secondary N) is 1. The van der Waals surface area contributed by atoms with E-state index in [1.165, 1.54) is 29.5 Å². The van der Waals surface area contributed by atoms with E-state index in [4.69, 9.17) is 4.98 Å². The molecule has 3 aromatic rings. The maximum atomic E-state index is 12.8. The monoisotopic (exact) mass is 405 g/mol. The smallest absolute Gasteiger partial charge is 0.262 e. The summed E-state index contributed by atoms with van der Waals surface area (Å²) in [5, 5.41) is 5.15. The van der Waals surface area contributed by atoms with Crippen LogP contribution in [0.5, 0.6) is 0 Å². The Labute approximate surface area is 177 Å². The summed E-state index contributed by atoms with van der Waals surface area (Å²) in [5.74, 6) is 1.50. The molecule has 0 bridgehead atoms. The second-order valence-corrected chi connectivity index (χ2v) is 9.41. The second-order valence-electron chi connectivity index (χ2n) is 9.41. The number of nitrogens with zero attached hydrogens (tertiary/aromatic N) is 4. The molecule has 2 fully saturated rings. The Kier molecular flexibility index (Phi) is 4.97. The Bertz CT molecular complexity index is 1120. The number of rotatable bonds is 4. The molecule has 1 saturated heterocycles. The van der Waals surface area contributed by atoms with Crippen molar-refractivity contribution in [1.82, 2.24) is 24.6 Å². The van der Waals surface area contributed by atoms with Crippen molar-refractivity contribution in [2.24, 2.45) is 5.92 Å². The molecule has 3 heterocycles. The zero-order chi connectivity index (χ0) is 20.8. The predicted octanol–water partition coefficient (Wildman–Crippen LogP) is 4.09. The molecule has 30 heavy (non-hydrogen) atoms. The largest absolute Gasteiger partial charge is 0.310 e. The average Bonchev–Trinajstić information content (AvgIpc) is 3.44. The standard InChI is InChI=1S/C24H31N5O/c1-15-8-9-18(10-16(15)2)13-28-12-17(3)21(14-28)22-26-23-20(24(30)27-22)11-25-29(23)19-6-4-5-7-19/h8-11,17,19,21H,4-7,12-14H2,1-3H3,(H,26,27,30)/t17-,21-/m1/s1. The summed E-state index contributed by atoms with van der Waals surface area (Å²) in [6, 6.07) is 7.11. The van der Waals surface area contributed by atoms with Gasteiger partial charge in [-0.05, 0) is 49.3 Å². The first-order chi connectivity index (χ1) is 14.5. The molecule has 2 aromatic heterocycles. The molecule has 0 amide bonds. The molecule has 6 heteroatoms. The van der Waals surface area contributed by atoms with Gasteiger partial charge in [0.1, 0.15) is 11.2 Å². The highest BCUT2D eigenvalue weighted by Gasteiger charge is 2.33. The van der Waals surface area contributed by atoms with Crippen LogP contribution in [-0.2, 0) is 6.54 Å². The molecule has 158 valence electrons. The number of hydrogen-bond donors (Lipinski definition) is 1. The number of aromatic amines is 1. The highest BCUT2D eigenvalue weighted by Crippen LogP contribution is 2.33. The normalized spacial score (nSPS) is 23.0. The van der Waals surface area contributed by atoms with Crippen LogP contribution in [0.25, 0.3) is 11.0 Å². The van der Waals surface area contributed by atoms with Crippen LogP contribution in [0.3, 0.4) is 0 Å². The Balaban J connectivity index is 1.41. The third-order valence-electron chi connectivity index (χ3n) is 7.17.